The summed E-state index contributed by atoms with van der Waals surface area (Å²) in [6, 6.07) is -0.274. The van der Waals surface area contributed by atoms with Crippen LogP contribution in [0, 0.1) is 0 Å². The number of aliphatic hydroxyl groups excluding tert-OH is 1. The maximum absolute atomic E-state index is 12.2. The van der Waals surface area contributed by atoms with Crippen LogP contribution in [-0.2, 0) is 9.09 Å². The quantitative estimate of drug-likeness (QED) is 0.557. The van der Waals surface area contributed by atoms with Crippen LogP contribution in [0.15, 0.2) is 0 Å². The molecule has 0 aromatic rings. The third-order valence-electron chi connectivity index (χ3n) is 2.07. The van der Waals surface area contributed by atoms with E-state index in [4.69, 9.17) is 32.8 Å². The molecule has 0 spiro atoms. The van der Waals surface area contributed by atoms with Crippen molar-refractivity contribution in [2.45, 2.75) is 6.04 Å². The van der Waals surface area contributed by atoms with Crippen molar-refractivity contribution in [3.8, 4) is 0 Å². The number of alkyl halides is 2. The standard InChI is InChI=1S/C7H15Cl2N2O3P/c8-1-3-11(4-2-9)15(13)10-7(5-12)6-14-15/h7,12H,1-6H2,(H,10,13)/t7-,15+/m0/s1. The highest BCUT2D eigenvalue weighted by Gasteiger charge is 2.39. The van der Waals surface area contributed by atoms with E-state index < -0.39 is 7.67 Å². The summed E-state index contributed by atoms with van der Waals surface area (Å²) in [4.78, 5) is 0. The molecular weight excluding hydrogens is 262 g/mol. The molecule has 2 N–H and O–H groups in total. The second kappa shape index (κ2) is 6.40. The molecule has 1 fully saturated rings. The van der Waals surface area contributed by atoms with Crippen molar-refractivity contribution in [1.82, 2.24) is 9.76 Å². The molecule has 0 aromatic heterocycles. The Morgan fingerprint density at radius 3 is 2.47 bits per heavy atom. The highest BCUT2D eigenvalue weighted by atomic mass is 35.5. The van der Waals surface area contributed by atoms with Crippen molar-refractivity contribution in [2.75, 3.05) is 38.1 Å². The Morgan fingerprint density at radius 2 is 2.07 bits per heavy atom. The van der Waals surface area contributed by atoms with Gasteiger partial charge in [-0.1, -0.05) is 0 Å². The number of hydrogen-bond donors (Lipinski definition) is 2. The third-order valence-corrected chi connectivity index (χ3v) is 4.75. The molecule has 5 nitrogen and oxygen atoms in total. The Balaban J connectivity index is 2.61. The van der Waals surface area contributed by atoms with E-state index in [9.17, 15) is 4.57 Å². The molecule has 1 saturated heterocycles. The largest absolute Gasteiger partial charge is 0.395 e. The molecule has 0 amide bonds. The molecule has 8 heteroatoms. The van der Waals surface area contributed by atoms with E-state index in [0.29, 0.717) is 24.8 Å². The van der Waals surface area contributed by atoms with Gasteiger partial charge in [0, 0.05) is 24.8 Å². The summed E-state index contributed by atoms with van der Waals surface area (Å²) in [6.45, 7) is 1.03. The van der Waals surface area contributed by atoms with Gasteiger partial charge in [0.1, 0.15) is 0 Å². The van der Waals surface area contributed by atoms with Crippen molar-refractivity contribution in [3.63, 3.8) is 0 Å². The Bertz CT molecular complexity index is 238. The van der Waals surface area contributed by atoms with Gasteiger partial charge < -0.3 is 9.63 Å². The van der Waals surface area contributed by atoms with Crippen LogP contribution in [0.5, 0.6) is 0 Å². The fraction of sp³-hybridized carbons (Fsp3) is 1.00. The lowest BCUT2D eigenvalue weighted by molar-refractivity contribution is 0.227. The molecule has 15 heavy (non-hydrogen) atoms. The zero-order valence-corrected chi connectivity index (χ0v) is 10.6. The maximum Gasteiger partial charge on any atom is 0.343 e. The van der Waals surface area contributed by atoms with Gasteiger partial charge in [-0.25, -0.2) is 9.76 Å². The van der Waals surface area contributed by atoms with Gasteiger partial charge in [-0.3, -0.25) is 4.57 Å². The zero-order chi connectivity index (χ0) is 11.3. The Labute approximate surface area is 99.2 Å². The average Bonchev–Trinajstić information content (AvgIpc) is 2.61. The number of hydrogen-bond acceptors (Lipinski definition) is 3. The van der Waals surface area contributed by atoms with Crippen LogP contribution in [0.2, 0.25) is 0 Å². The zero-order valence-electron chi connectivity index (χ0n) is 8.23. The van der Waals surface area contributed by atoms with Crippen molar-refractivity contribution in [3.05, 3.63) is 0 Å². The van der Waals surface area contributed by atoms with E-state index in [0.717, 1.165) is 0 Å². The second-order valence-electron chi connectivity index (χ2n) is 3.16. The van der Waals surface area contributed by atoms with Crippen LogP contribution < -0.4 is 5.09 Å². The first-order valence-electron chi connectivity index (χ1n) is 4.67. The molecule has 0 radical (unpaired) electrons. The molecular formula is C7H15Cl2N2O3P. The average molecular weight is 277 g/mol. The number of nitrogens with zero attached hydrogens (tertiary/aromatic N) is 1. The fourth-order valence-electron chi connectivity index (χ4n) is 1.32. The van der Waals surface area contributed by atoms with Gasteiger partial charge in [0.15, 0.2) is 0 Å². The van der Waals surface area contributed by atoms with E-state index in [1.165, 1.54) is 0 Å². The Morgan fingerprint density at radius 1 is 1.47 bits per heavy atom. The molecule has 2 atom stereocenters. The van der Waals surface area contributed by atoms with Gasteiger partial charge >= 0.3 is 7.67 Å². The summed E-state index contributed by atoms with van der Waals surface area (Å²) in [5.74, 6) is 0.714. The minimum absolute atomic E-state index is 0.0976. The van der Waals surface area contributed by atoms with Crippen LogP contribution in [0.1, 0.15) is 0 Å². The molecule has 1 aliphatic heterocycles. The first-order valence-corrected chi connectivity index (χ1v) is 7.31. The molecule has 1 aliphatic rings. The highest BCUT2D eigenvalue weighted by Crippen LogP contribution is 2.50. The van der Waals surface area contributed by atoms with Crippen molar-refractivity contribution in [1.29, 1.82) is 0 Å². The van der Waals surface area contributed by atoms with Gasteiger partial charge in [-0.2, -0.15) is 0 Å². The highest BCUT2D eigenvalue weighted by molar-refractivity contribution is 7.54. The minimum Gasteiger partial charge on any atom is -0.395 e. The normalized spacial score (nSPS) is 31.3. The van der Waals surface area contributed by atoms with Crippen molar-refractivity contribution in [2.24, 2.45) is 0 Å². The monoisotopic (exact) mass is 276 g/mol. The Kier molecular flexibility index (Phi) is 5.85. The fourth-order valence-corrected chi connectivity index (χ4v) is 4.09. The van der Waals surface area contributed by atoms with Gasteiger partial charge in [0.25, 0.3) is 0 Å². The van der Waals surface area contributed by atoms with Gasteiger partial charge in [0.05, 0.1) is 19.3 Å². The minimum atomic E-state index is -3.03. The van der Waals surface area contributed by atoms with Crippen LogP contribution in [0.3, 0.4) is 0 Å². The predicted octanol–water partition coefficient (Wildman–Crippen LogP) is 0.855. The maximum atomic E-state index is 12.2. The molecule has 0 bridgehead atoms. The number of nitrogens with one attached hydrogen (secondary N) is 1. The molecule has 1 rings (SSSR count). The topological polar surface area (TPSA) is 61.8 Å². The van der Waals surface area contributed by atoms with Crippen LogP contribution in [0.25, 0.3) is 0 Å². The van der Waals surface area contributed by atoms with Gasteiger partial charge in [-0.15, -0.1) is 23.2 Å². The van der Waals surface area contributed by atoms with Crippen LogP contribution in [-0.4, -0.2) is 53.9 Å². The number of aliphatic hydroxyl groups is 1. The van der Waals surface area contributed by atoms with E-state index in [-0.39, 0.29) is 19.3 Å². The van der Waals surface area contributed by atoms with Crippen LogP contribution >= 0.6 is 30.9 Å². The third kappa shape index (κ3) is 3.56. The molecule has 0 aromatic carbocycles. The lowest BCUT2D eigenvalue weighted by atomic mass is 10.4. The summed E-state index contributed by atoms with van der Waals surface area (Å²) in [6.07, 6.45) is 0. The molecule has 0 saturated carbocycles. The number of halogens is 2. The van der Waals surface area contributed by atoms with Crippen molar-refractivity contribution < 1.29 is 14.2 Å². The van der Waals surface area contributed by atoms with E-state index in [2.05, 4.69) is 5.09 Å². The second-order valence-corrected chi connectivity index (χ2v) is 6.04. The molecule has 0 unspecified atom stereocenters. The van der Waals surface area contributed by atoms with Gasteiger partial charge in [0.2, 0.25) is 0 Å². The molecule has 0 aliphatic carbocycles. The lowest BCUT2D eigenvalue weighted by Gasteiger charge is -2.25. The van der Waals surface area contributed by atoms with E-state index in [1.54, 1.807) is 4.67 Å². The first kappa shape index (κ1) is 13.7. The Hall–Kier alpha value is 0.650. The van der Waals surface area contributed by atoms with Gasteiger partial charge in [-0.05, 0) is 0 Å². The van der Waals surface area contributed by atoms with E-state index >= 15 is 0 Å². The summed E-state index contributed by atoms with van der Waals surface area (Å²) in [5.41, 5.74) is 0. The lowest BCUT2D eigenvalue weighted by Crippen LogP contribution is -2.33. The number of rotatable bonds is 6. The molecule has 1 heterocycles. The summed E-state index contributed by atoms with van der Waals surface area (Å²) in [7, 11) is -3.03. The predicted molar refractivity (Wildman–Crippen MR) is 60.6 cm³/mol. The van der Waals surface area contributed by atoms with Crippen LogP contribution in [0.4, 0.5) is 0 Å². The SMILES string of the molecule is O=[P@]1(N(CCCl)CCCl)N[C@@H](CO)CO1. The van der Waals surface area contributed by atoms with E-state index in [1.807, 2.05) is 0 Å². The molecule has 90 valence electrons. The first-order chi connectivity index (χ1) is 7.16. The summed E-state index contributed by atoms with van der Waals surface area (Å²) < 4.78 is 19.0. The summed E-state index contributed by atoms with van der Waals surface area (Å²) in [5, 5.41) is 11.7. The van der Waals surface area contributed by atoms with Crippen molar-refractivity contribution >= 4 is 30.9 Å². The smallest absolute Gasteiger partial charge is 0.343 e. The summed E-state index contributed by atoms with van der Waals surface area (Å²) >= 11 is 11.2.